The molecule has 0 spiro atoms. The van der Waals surface area contributed by atoms with Gasteiger partial charge in [-0.25, -0.2) is 10.8 Å². The number of aromatic nitrogens is 2. The Morgan fingerprint density at radius 2 is 2.25 bits per heavy atom. The fourth-order valence-electron chi connectivity index (χ4n) is 0.940. The average Bonchev–Trinajstić information content (AvgIpc) is 2.28. The van der Waals surface area contributed by atoms with Gasteiger partial charge < -0.3 is 10.4 Å². The number of nitrogen functional groups attached to an aromatic ring is 1. The fraction of sp³-hybridized carbons (Fsp3) is 0.556. The van der Waals surface area contributed by atoms with Crippen molar-refractivity contribution in [3.05, 3.63) is 11.2 Å². The highest BCUT2D eigenvalue weighted by atomic mass is 35.5. The highest BCUT2D eigenvalue weighted by Gasteiger charge is 2.17. The van der Waals surface area contributed by atoms with E-state index < -0.39 is 0 Å². The maximum absolute atomic E-state index is 9.10. The first-order valence-electron chi connectivity index (χ1n) is 4.82. The van der Waals surface area contributed by atoms with Crippen molar-refractivity contribution in [1.82, 2.24) is 9.97 Å². The Morgan fingerprint density at radius 3 is 2.81 bits per heavy atom. The number of hydrogen-bond donors (Lipinski definition) is 4. The second-order valence-electron chi connectivity index (χ2n) is 4.21. The summed E-state index contributed by atoms with van der Waals surface area (Å²) < 4.78 is 0. The predicted molar refractivity (Wildman–Crippen MR) is 64.2 cm³/mol. The fourth-order valence-corrected chi connectivity index (χ4v) is 1.10. The van der Waals surface area contributed by atoms with Crippen molar-refractivity contribution in [1.29, 1.82) is 0 Å². The van der Waals surface area contributed by atoms with Gasteiger partial charge in [0.2, 0.25) is 5.95 Å². The van der Waals surface area contributed by atoms with E-state index in [9.17, 15) is 0 Å². The zero-order valence-corrected chi connectivity index (χ0v) is 10.0. The maximum Gasteiger partial charge on any atom is 0.239 e. The first-order chi connectivity index (χ1) is 7.48. The highest BCUT2D eigenvalue weighted by molar-refractivity contribution is 6.32. The molecular formula is C9H16ClN5O. The Bertz CT molecular complexity index is 358. The topological polar surface area (TPSA) is 96.1 Å². The normalized spacial score (nSPS) is 11.3. The second kappa shape index (κ2) is 5.29. The van der Waals surface area contributed by atoms with E-state index in [-0.39, 0.29) is 18.0 Å². The Hall–Kier alpha value is -1.11. The highest BCUT2D eigenvalue weighted by Crippen LogP contribution is 2.21. The molecule has 0 amide bonds. The summed E-state index contributed by atoms with van der Waals surface area (Å²) in [5, 5.41) is 12.6. The molecule has 0 saturated heterocycles. The lowest BCUT2D eigenvalue weighted by molar-refractivity contribution is 0.170. The van der Waals surface area contributed by atoms with Gasteiger partial charge in [0.25, 0.3) is 0 Å². The molecule has 0 aromatic carbocycles. The number of hydrogen-bond acceptors (Lipinski definition) is 6. The first-order valence-corrected chi connectivity index (χ1v) is 5.20. The molecule has 0 saturated carbocycles. The summed E-state index contributed by atoms with van der Waals surface area (Å²) in [7, 11) is 0. The summed E-state index contributed by atoms with van der Waals surface area (Å²) in [4.78, 5) is 7.91. The van der Waals surface area contributed by atoms with Crippen molar-refractivity contribution in [2.75, 3.05) is 23.9 Å². The molecular weight excluding hydrogens is 230 g/mol. The van der Waals surface area contributed by atoms with E-state index in [4.69, 9.17) is 22.6 Å². The summed E-state index contributed by atoms with van der Waals surface area (Å²) in [6.07, 6.45) is 1.46. The number of hydrazine groups is 1. The van der Waals surface area contributed by atoms with Gasteiger partial charge in [0.05, 0.1) is 6.20 Å². The third kappa shape index (κ3) is 3.48. The van der Waals surface area contributed by atoms with Crippen LogP contribution in [0.25, 0.3) is 0 Å². The molecule has 1 heterocycles. The lowest BCUT2D eigenvalue weighted by Gasteiger charge is -2.22. The van der Waals surface area contributed by atoms with Crippen LogP contribution in [0.3, 0.4) is 0 Å². The van der Waals surface area contributed by atoms with Gasteiger partial charge in [-0.15, -0.1) is 0 Å². The molecule has 0 radical (unpaired) electrons. The smallest absolute Gasteiger partial charge is 0.239 e. The standard InChI is InChI=1S/C9H16ClN5O/c1-9(2,5-16)4-13-7-6(10)3-12-8(14-7)15-11/h3,16H,4-5,11H2,1-2H3,(H2,12,13,14,15). The van der Waals surface area contributed by atoms with Crippen LogP contribution in [-0.2, 0) is 0 Å². The van der Waals surface area contributed by atoms with Gasteiger partial charge in [-0.1, -0.05) is 25.4 Å². The Morgan fingerprint density at radius 1 is 1.56 bits per heavy atom. The maximum atomic E-state index is 9.10. The minimum Gasteiger partial charge on any atom is -0.396 e. The quantitative estimate of drug-likeness (QED) is 0.454. The number of aliphatic hydroxyl groups is 1. The number of nitrogens with two attached hydrogens (primary N) is 1. The molecule has 16 heavy (non-hydrogen) atoms. The van der Waals surface area contributed by atoms with Crippen molar-refractivity contribution in [2.24, 2.45) is 11.3 Å². The first kappa shape index (κ1) is 13.0. The number of rotatable bonds is 5. The molecule has 0 aliphatic rings. The van der Waals surface area contributed by atoms with E-state index in [1.165, 1.54) is 6.20 Å². The van der Waals surface area contributed by atoms with Crippen molar-refractivity contribution >= 4 is 23.4 Å². The molecule has 0 bridgehead atoms. The molecule has 7 heteroatoms. The van der Waals surface area contributed by atoms with E-state index in [2.05, 4.69) is 20.7 Å². The molecule has 0 aliphatic heterocycles. The molecule has 0 atom stereocenters. The molecule has 1 aromatic rings. The molecule has 90 valence electrons. The van der Waals surface area contributed by atoms with Crippen LogP contribution in [0.15, 0.2) is 6.20 Å². The van der Waals surface area contributed by atoms with Crippen molar-refractivity contribution in [3.8, 4) is 0 Å². The van der Waals surface area contributed by atoms with Gasteiger partial charge in [-0.3, -0.25) is 5.43 Å². The zero-order valence-electron chi connectivity index (χ0n) is 9.29. The number of anilines is 2. The lowest BCUT2D eigenvalue weighted by atomic mass is 9.95. The summed E-state index contributed by atoms with van der Waals surface area (Å²) in [5.41, 5.74) is 2.09. The third-order valence-electron chi connectivity index (χ3n) is 2.04. The number of nitrogens with zero attached hydrogens (tertiary/aromatic N) is 2. The molecule has 1 rings (SSSR count). The minimum absolute atomic E-state index is 0.0741. The largest absolute Gasteiger partial charge is 0.396 e. The molecule has 0 aliphatic carbocycles. The number of halogens is 1. The lowest BCUT2D eigenvalue weighted by Crippen LogP contribution is -2.27. The predicted octanol–water partition coefficient (Wildman–Crippen LogP) is 0.846. The van der Waals surface area contributed by atoms with Gasteiger partial charge in [0.1, 0.15) is 5.02 Å². The molecule has 1 aromatic heterocycles. The van der Waals surface area contributed by atoms with Crippen molar-refractivity contribution in [2.45, 2.75) is 13.8 Å². The van der Waals surface area contributed by atoms with E-state index in [0.29, 0.717) is 17.4 Å². The van der Waals surface area contributed by atoms with Crippen LogP contribution in [0.5, 0.6) is 0 Å². The van der Waals surface area contributed by atoms with Crippen LogP contribution in [0.2, 0.25) is 5.02 Å². The summed E-state index contributed by atoms with van der Waals surface area (Å²) >= 11 is 5.91. The SMILES string of the molecule is CC(C)(CO)CNc1nc(NN)ncc1Cl. The van der Waals surface area contributed by atoms with Crippen LogP contribution < -0.4 is 16.6 Å². The minimum atomic E-state index is -0.245. The van der Waals surface area contributed by atoms with E-state index in [0.717, 1.165) is 0 Å². The second-order valence-corrected chi connectivity index (χ2v) is 4.62. The van der Waals surface area contributed by atoms with E-state index in [1.54, 1.807) is 0 Å². The van der Waals surface area contributed by atoms with Gasteiger partial charge >= 0.3 is 0 Å². The Balaban J connectivity index is 2.73. The van der Waals surface area contributed by atoms with Crippen LogP contribution in [0.4, 0.5) is 11.8 Å². The Labute approximate surface area is 99.2 Å². The zero-order chi connectivity index (χ0) is 12.2. The van der Waals surface area contributed by atoms with Crippen LogP contribution in [0.1, 0.15) is 13.8 Å². The van der Waals surface area contributed by atoms with Gasteiger partial charge in [0.15, 0.2) is 5.82 Å². The van der Waals surface area contributed by atoms with Gasteiger partial charge in [-0.05, 0) is 0 Å². The van der Waals surface area contributed by atoms with Crippen molar-refractivity contribution in [3.63, 3.8) is 0 Å². The van der Waals surface area contributed by atoms with Crippen molar-refractivity contribution < 1.29 is 5.11 Å². The number of nitrogens with one attached hydrogen (secondary N) is 2. The number of aliphatic hydroxyl groups excluding tert-OH is 1. The molecule has 5 N–H and O–H groups in total. The van der Waals surface area contributed by atoms with E-state index in [1.807, 2.05) is 13.8 Å². The molecule has 0 fully saturated rings. The monoisotopic (exact) mass is 245 g/mol. The van der Waals surface area contributed by atoms with Crippen LogP contribution in [-0.4, -0.2) is 28.2 Å². The molecule has 6 nitrogen and oxygen atoms in total. The Kier molecular flexibility index (Phi) is 4.28. The summed E-state index contributed by atoms with van der Waals surface area (Å²) in [6.45, 7) is 4.48. The molecule has 0 unspecified atom stereocenters. The summed E-state index contributed by atoms with van der Waals surface area (Å²) in [6, 6.07) is 0. The van der Waals surface area contributed by atoms with Gasteiger partial charge in [0, 0.05) is 18.6 Å². The summed E-state index contributed by atoms with van der Waals surface area (Å²) in [5.74, 6) is 5.97. The average molecular weight is 246 g/mol. The van der Waals surface area contributed by atoms with Gasteiger partial charge in [-0.2, -0.15) is 4.98 Å². The third-order valence-corrected chi connectivity index (χ3v) is 2.31. The van der Waals surface area contributed by atoms with E-state index >= 15 is 0 Å². The van der Waals surface area contributed by atoms with Crippen LogP contribution >= 0.6 is 11.6 Å². The van der Waals surface area contributed by atoms with Crippen LogP contribution in [0, 0.1) is 5.41 Å².